The molecule has 0 fully saturated rings. The van der Waals surface area contributed by atoms with Crippen molar-refractivity contribution in [1.82, 2.24) is 0 Å². The van der Waals surface area contributed by atoms with E-state index in [2.05, 4.69) is 45.1 Å². The molecule has 0 aromatic rings. The lowest BCUT2D eigenvalue weighted by atomic mass is 9.93. The SMILES string of the molecule is CC.CC.C[C@H]1CC2=C(C=CC(C)(C)C=C2)O1. The van der Waals surface area contributed by atoms with Gasteiger partial charge in [0.1, 0.15) is 11.9 Å². The van der Waals surface area contributed by atoms with Gasteiger partial charge in [-0.3, -0.25) is 0 Å². The number of hydrogen-bond acceptors (Lipinski definition) is 1. The van der Waals surface area contributed by atoms with Crippen LogP contribution in [0, 0.1) is 5.41 Å². The van der Waals surface area contributed by atoms with Crippen LogP contribution < -0.4 is 0 Å². The van der Waals surface area contributed by atoms with Gasteiger partial charge in [-0.25, -0.2) is 0 Å². The van der Waals surface area contributed by atoms with Crippen LogP contribution in [0.15, 0.2) is 35.6 Å². The summed E-state index contributed by atoms with van der Waals surface area (Å²) in [6, 6.07) is 0. The second-order valence-electron chi connectivity index (χ2n) is 4.51. The Morgan fingerprint density at radius 3 is 2.18 bits per heavy atom. The van der Waals surface area contributed by atoms with E-state index in [0.29, 0.717) is 6.10 Å². The van der Waals surface area contributed by atoms with Crippen molar-refractivity contribution >= 4 is 0 Å². The lowest BCUT2D eigenvalue weighted by molar-refractivity contribution is 0.169. The molecule has 17 heavy (non-hydrogen) atoms. The third-order valence-corrected chi connectivity index (χ3v) is 2.53. The Kier molecular flexibility index (Phi) is 6.94. The largest absolute Gasteiger partial charge is 0.490 e. The van der Waals surface area contributed by atoms with Crippen LogP contribution in [-0.4, -0.2) is 6.10 Å². The summed E-state index contributed by atoms with van der Waals surface area (Å²) in [5, 5.41) is 0. The van der Waals surface area contributed by atoms with Crippen LogP contribution in [0.4, 0.5) is 0 Å². The minimum Gasteiger partial charge on any atom is -0.490 e. The standard InChI is InChI=1S/C12H16O.2C2H6/c1-9-8-10-4-6-12(2,3)7-5-11(10)13-9;2*1-2/h4-7,9H,8H2,1-3H3;2*1-2H3/t9-;;/m0../s1. The van der Waals surface area contributed by atoms with Crippen LogP contribution in [0.5, 0.6) is 0 Å². The van der Waals surface area contributed by atoms with Crippen LogP contribution in [0.2, 0.25) is 0 Å². The third-order valence-electron chi connectivity index (χ3n) is 2.53. The van der Waals surface area contributed by atoms with E-state index in [-0.39, 0.29) is 5.41 Å². The minimum atomic E-state index is 0.164. The summed E-state index contributed by atoms with van der Waals surface area (Å²) in [7, 11) is 0. The molecular formula is C16H28O. The smallest absolute Gasteiger partial charge is 0.122 e. The molecule has 1 atom stereocenters. The van der Waals surface area contributed by atoms with Crippen molar-refractivity contribution in [3.63, 3.8) is 0 Å². The Morgan fingerprint density at radius 1 is 1.06 bits per heavy atom. The van der Waals surface area contributed by atoms with Crippen LogP contribution in [0.25, 0.3) is 0 Å². The molecule has 98 valence electrons. The molecule has 2 aliphatic rings. The Morgan fingerprint density at radius 2 is 1.59 bits per heavy atom. The normalized spacial score (nSPS) is 23.6. The fourth-order valence-corrected chi connectivity index (χ4v) is 1.70. The first kappa shape index (κ1) is 16.0. The second-order valence-corrected chi connectivity index (χ2v) is 4.51. The summed E-state index contributed by atoms with van der Waals surface area (Å²) in [5.74, 6) is 1.06. The van der Waals surface area contributed by atoms with Gasteiger partial charge in [0.15, 0.2) is 0 Å². The highest BCUT2D eigenvalue weighted by atomic mass is 16.5. The van der Waals surface area contributed by atoms with Gasteiger partial charge < -0.3 is 4.74 Å². The molecule has 0 saturated carbocycles. The summed E-state index contributed by atoms with van der Waals surface area (Å²) in [6.45, 7) is 14.5. The van der Waals surface area contributed by atoms with Crippen molar-refractivity contribution in [3.8, 4) is 0 Å². The summed E-state index contributed by atoms with van der Waals surface area (Å²) < 4.78 is 5.68. The van der Waals surface area contributed by atoms with Gasteiger partial charge in [-0.2, -0.15) is 0 Å². The molecule has 0 saturated heterocycles. The van der Waals surface area contributed by atoms with Crippen molar-refractivity contribution < 1.29 is 4.74 Å². The molecule has 2 rings (SSSR count). The zero-order valence-electron chi connectivity index (χ0n) is 12.5. The molecule has 0 aromatic carbocycles. The predicted molar refractivity (Wildman–Crippen MR) is 76.9 cm³/mol. The summed E-state index contributed by atoms with van der Waals surface area (Å²) in [5.41, 5.74) is 1.51. The molecule has 0 spiro atoms. The van der Waals surface area contributed by atoms with Gasteiger partial charge in [0, 0.05) is 11.8 Å². The Hall–Kier alpha value is -0.980. The van der Waals surface area contributed by atoms with E-state index in [1.54, 1.807) is 0 Å². The van der Waals surface area contributed by atoms with Crippen molar-refractivity contribution in [3.05, 3.63) is 35.6 Å². The predicted octanol–water partition coefficient (Wildman–Crippen LogP) is 5.25. The van der Waals surface area contributed by atoms with Crippen LogP contribution in [0.3, 0.4) is 0 Å². The van der Waals surface area contributed by atoms with Gasteiger partial charge in [0.25, 0.3) is 0 Å². The minimum absolute atomic E-state index is 0.164. The van der Waals surface area contributed by atoms with Crippen molar-refractivity contribution in [2.75, 3.05) is 0 Å². The van der Waals surface area contributed by atoms with E-state index in [0.717, 1.165) is 12.2 Å². The van der Waals surface area contributed by atoms with Gasteiger partial charge in [-0.1, -0.05) is 59.8 Å². The number of allylic oxidation sites excluding steroid dienone is 4. The fraction of sp³-hybridized carbons (Fsp3) is 0.625. The highest BCUT2D eigenvalue weighted by molar-refractivity contribution is 5.37. The maximum atomic E-state index is 5.68. The molecule has 0 amide bonds. The Labute approximate surface area is 107 Å². The zero-order valence-corrected chi connectivity index (χ0v) is 12.5. The highest BCUT2D eigenvalue weighted by Gasteiger charge is 2.22. The molecule has 0 aromatic heterocycles. The van der Waals surface area contributed by atoms with Crippen LogP contribution in [-0.2, 0) is 4.74 Å². The summed E-state index contributed by atoms with van der Waals surface area (Å²) >= 11 is 0. The first-order chi connectivity index (χ1) is 8.07. The van der Waals surface area contributed by atoms with Crippen LogP contribution >= 0.6 is 0 Å². The monoisotopic (exact) mass is 236 g/mol. The first-order valence-corrected chi connectivity index (χ1v) is 6.85. The zero-order chi connectivity index (χ0) is 13.5. The Bertz CT molecular complexity index is 277. The topological polar surface area (TPSA) is 9.23 Å². The molecule has 1 nitrogen and oxygen atoms in total. The van der Waals surface area contributed by atoms with E-state index in [1.807, 2.05) is 27.7 Å². The molecule has 1 heterocycles. The average Bonchev–Trinajstić information content (AvgIpc) is 2.64. The molecular weight excluding hydrogens is 208 g/mol. The van der Waals surface area contributed by atoms with Crippen molar-refractivity contribution in [2.24, 2.45) is 5.41 Å². The van der Waals surface area contributed by atoms with Gasteiger partial charge in [-0.15, -0.1) is 0 Å². The molecule has 0 N–H and O–H groups in total. The quantitative estimate of drug-likeness (QED) is 0.558. The van der Waals surface area contributed by atoms with Crippen LogP contribution in [0.1, 0.15) is 54.9 Å². The van der Waals surface area contributed by atoms with E-state index in [1.165, 1.54) is 5.57 Å². The summed E-state index contributed by atoms with van der Waals surface area (Å²) in [6.07, 6.45) is 10.2. The number of rotatable bonds is 0. The molecule has 1 heteroatoms. The van der Waals surface area contributed by atoms with E-state index in [4.69, 9.17) is 4.74 Å². The third kappa shape index (κ3) is 4.80. The van der Waals surface area contributed by atoms with E-state index >= 15 is 0 Å². The number of hydrogen-bond donors (Lipinski definition) is 0. The maximum absolute atomic E-state index is 5.68. The van der Waals surface area contributed by atoms with E-state index in [9.17, 15) is 0 Å². The molecule has 0 bridgehead atoms. The molecule has 0 unspecified atom stereocenters. The van der Waals surface area contributed by atoms with E-state index < -0.39 is 0 Å². The molecule has 1 aliphatic carbocycles. The average molecular weight is 236 g/mol. The maximum Gasteiger partial charge on any atom is 0.122 e. The first-order valence-electron chi connectivity index (χ1n) is 6.85. The highest BCUT2D eigenvalue weighted by Crippen LogP contribution is 2.32. The molecule has 1 aliphatic heterocycles. The molecule has 0 radical (unpaired) electrons. The lowest BCUT2D eigenvalue weighted by Gasteiger charge is -2.13. The van der Waals surface area contributed by atoms with Gasteiger partial charge >= 0.3 is 0 Å². The lowest BCUT2D eigenvalue weighted by Crippen LogP contribution is -2.03. The summed E-state index contributed by atoms with van der Waals surface area (Å²) in [4.78, 5) is 0. The fourth-order valence-electron chi connectivity index (χ4n) is 1.70. The van der Waals surface area contributed by atoms with Crippen molar-refractivity contribution in [1.29, 1.82) is 0 Å². The second kappa shape index (κ2) is 7.37. The van der Waals surface area contributed by atoms with Crippen molar-refractivity contribution in [2.45, 2.75) is 61.0 Å². The van der Waals surface area contributed by atoms with Gasteiger partial charge in [0.05, 0.1) is 0 Å². The van der Waals surface area contributed by atoms with Gasteiger partial charge in [-0.05, 0) is 18.6 Å². The van der Waals surface area contributed by atoms with Gasteiger partial charge in [0.2, 0.25) is 0 Å². The Balaban J connectivity index is 0.000000581. The number of ether oxygens (including phenoxy) is 1.